The van der Waals surface area contributed by atoms with Crippen LogP contribution in [0.5, 0.6) is 0 Å². The molecule has 0 spiro atoms. The lowest BCUT2D eigenvalue weighted by molar-refractivity contribution is -0.142. The molecule has 1 aliphatic heterocycles. The number of nitrogens with zero attached hydrogens (tertiary/aromatic N) is 1. The van der Waals surface area contributed by atoms with Crippen molar-refractivity contribution in [2.24, 2.45) is 0 Å². The number of carbonyl (C=O) groups is 2. The molecule has 5 heteroatoms. The highest BCUT2D eigenvalue weighted by Crippen LogP contribution is 2.21. The van der Waals surface area contributed by atoms with Gasteiger partial charge in [0.2, 0.25) is 5.91 Å². The minimum Gasteiger partial charge on any atom is -0.349 e. The number of ether oxygens (including phenoxy) is 1. The predicted octanol–water partition coefficient (Wildman–Crippen LogP) is 2.94. The largest absolute Gasteiger partial charge is 0.349 e. The van der Waals surface area contributed by atoms with Gasteiger partial charge in [0.05, 0.1) is 12.6 Å². The van der Waals surface area contributed by atoms with Crippen molar-refractivity contribution in [3.63, 3.8) is 0 Å². The maximum absolute atomic E-state index is 12.5. The Morgan fingerprint density at radius 2 is 2.05 bits per heavy atom. The molecule has 1 unspecified atom stereocenters. The van der Waals surface area contributed by atoms with E-state index in [0.717, 1.165) is 42.9 Å². The zero-order valence-corrected chi connectivity index (χ0v) is 14.2. The van der Waals surface area contributed by atoms with Crippen molar-refractivity contribution in [3.05, 3.63) is 35.9 Å². The summed E-state index contributed by atoms with van der Waals surface area (Å²) in [6.45, 7) is 0.422. The molecule has 1 aliphatic rings. The van der Waals surface area contributed by atoms with Crippen LogP contribution in [-0.2, 0) is 20.7 Å². The van der Waals surface area contributed by atoms with Crippen LogP contribution in [0.1, 0.15) is 31.2 Å². The van der Waals surface area contributed by atoms with E-state index < -0.39 is 6.23 Å². The summed E-state index contributed by atoms with van der Waals surface area (Å²) in [5.74, 6) is 0.0186. The van der Waals surface area contributed by atoms with E-state index in [2.05, 4.69) is 15.9 Å². The number of benzene rings is 1. The van der Waals surface area contributed by atoms with E-state index in [9.17, 15) is 9.59 Å². The number of carbonyl (C=O) groups excluding carboxylic acids is 2. The van der Waals surface area contributed by atoms with Crippen LogP contribution in [0.25, 0.3) is 0 Å². The molecule has 0 radical (unpaired) electrons. The molecule has 0 aromatic heterocycles. The van der Waals surface area contributed by atoms with Gasteiger partial charge in [-0.1, -0.05) is 52.7 Å². The number of aldehydes is 1. The maximum atomic E-state index is 12.5. The lowest BCUT2D eigenvalue weighted by Crippen LogP contribution is -2.43. The lowest BCUT2D eigenvalue weighted by atomic mass is 10.0. The van der Waals surface area contributed by atoms with E-state index in [1.807, 2.05) is 30.3 Å². The van der Waals surface area contributed by atoms with Gasteiger partial charge in [0.1, 0.15) is 0 Å². The SMILES string of the molecule is O=CC1OC[C@@H](Cc2ccccc2)N1C(=O)CCCCCBr. The van der Waals surface area contributed by atoms with Crippen LogP contribution in [-0.4, -0.2) is 41.3 Å². The first-order valence-electron chi connectivity index (χ1n) is 7.74. The summed E-state index contributed by atoms with van der Waals surface area (Å²) in [5.41, 5.74) is 1.15. The van der Waals surface area contributed by atoms with Gasteiger partial charge in [-0.15, -0.1) is 0 Å². The number of hydrogen-bond acceptors (Lipinski definition) is 3. The fourth-order valence-electron chi connectivity index (χ4n) is 2.75. The standard InChI is InChI=1S/C17H22BrNO3/c18-10-6-2-5-9-16(21)19-15(13-22-17(19)12-20)11-14-7-3-1-4-8-14/h1,3-4,7-8,12,15,17H,2,5-6,9-11,13H2/t15-,17?/m1/s1. The maximum Gasteiger partial charge on any atom is 0.225 e. The third-order valence-electron chi connectivity index (χ3n) is 3.87. The van der Waals surface area contributed by atoms with Gasteiger partial charge < -0.3 is 9.64 Å². The van der Waals surface area contributed by atoms with Crippen molar-refractivity contribution >= 4 is 28.1 Å². The number of alkyl halides is 1. The predicted molar refractivity (Wildman–Crippen MR) is 88.8 cm³/mol. The molecule has 120 valence electrons. The molecule has 2 atom stereocenters. The second kappa shape index (κ2) is 9.06. The van der Waals surface area contributed by atoms with Gasteiger partial charge in [-0.2, -0.15) is 0 Å². The average Bonchev–Trinajstić information content (AvgIpc) is 2.95. The molecular weight excluding hydrogens is 346 g/mol. The molecule has 22 heavy (non-hydrogen) atoms. The topological polar surface area (TPSA) is 46.6 Å². The molecule has 1 fully saturated rings. The van der Waals surface area contributed by atoms with Crippen molar-refractivity contribution in [3.8, 4) is 0 Å². The van der Waals surface area contributed by atoms with Gasteiger partial charge in [-0.25, -0.2) is 0 Å². The third-order valence-corrected chi connectivity index (χ3v) is 4.43. The fraction of sp³-hybridized carbons (Fsp3) is 0.529. The highest BCUT2D eigenvalue weighted by Gasteiger charge is 2.37. The van der Waals surface area contributed by atoms with Crippen LogP contribution in [0.4, 0.5) is 0 Å². The number of unbranched alkanes of at least 4 members (excludes halogenated alkanes) is 2. The first-order chi connectivity index (χ1) is 10.8. The number of halogens is 1. The van der Waals surface area contributed by atoms with Gasteiger partial charge >= 0.3 is 0 Å². The average molecular weight is 368 g/mol. The van der Waals surface area contributed by atoms with Crippen LogP contribution in [0.15, 0.2) is 30.3 Å². The van der Waals surface area contributed by atoms with Crippen molar-refractivity contribution in [2.75, 3.05) is 11.9 Å². The van der Waals surface area contributed by atoms with E-state index in [-0.39, 0.29) is 11.9 Å². The number of hydrogen-bond donors (Lipinski definition) is 0. The van der Waals surface area contributed by atoms with Gasteiger partial charge in [0.15, 0.2) is 12.5 Å². The minimum absolute atomic E-state index is 0.0186. The number of amides is 1. The first kappa shape index (κ1) is 17.2. The van der Waals surface area contributed by atoms with Crippen molar-refractivity contribution in [1.82, 2.24) is 4.90 Å². The Bertz CT molecular complexity index is 480. The van der Waals surface area contributed by atoms with Gasteiger partial charge in [0, 0.05) is 11.8 Å². The van der Waals surface area contributed by atoms with E-state index in [1.165, 1.54) is 0 Å². The second-order valence-electron chi connectivity index (χ2n) is 5.50. The van der Waals surface area contributed by atoms with Gasteiger partial charge in [-0.3, -0.25) is 9.59 Å². The van der Waals surface area contributed by atoms with Crippen LogP contribution in [0.2, 0.25) is 0 Å². The molecule has 1 saturated heterocycles. The summed E-state index contributed by atoms with van der Waals surface area (Å²) in [5, 5.41) is 0.960. The molecule has 2 rings (SSSR count). The Balaban J connectivity index is 1.96. The lowest BCUT2D eigenvalue weighted by Gasteiger charge is -2.25. The van der Waals surface area contributed by atoms with E-state index >= 15 is 0 Å². The van der Waals surface area contributed by atoms with Crippen molar-refractivity contribution < 1.29 is 14.3 Å². The Kier molecular flexibility index (Phi) is 7.06. The Hall–Kier alpha value is -1.20. The monoisotopic (exact) mass is 367 g/mol. The molecule has 1 amide bonds. The normalized spacial score (nSPS) is 21.0. The molecule has 1 aromatic rings. The fourth-order valence-corrected chi connectivity index (χ4v) is 3.14. The quantitative estimate of drug-likeness (QED) is 0.403. The Morgan fingerprint density at radius 3 is 2.73 bits per heavy atom. The van der Waals surface area contributed by atoms with Gasteiger partial charge in [-0.05, 0) is 24.8 Å². The van der Waals surface area contributed by atoms with E-state index in [1.54, 1.807) is 4.90 Å². The van der Waals surface area contributed by atoms with Gasteiger partial charge in [0.25, 0.3) is 0 Å². The smallest absolute Gasteiger partial charge is 0.225 e. The summed E-state index contributed by atoms with van der Waals surface area (Å²) in [4.78, 5) is 25.3. The summed E-state index contributed by atoms with van der Waals surface area (Å²) < 4.78 is 5.48. The van der Waals surface area contributed by atoms with Crippen LogP contribution in [0, 0.1) is 0 Å². The highest BCUT2D eigenvalue weighted by atomic mass is 79.9. The Labute approximate surface area is 140 Å². The van der Waals surface area contributed by atoms with E-state index in [4.69, 9.17) is 4.74 Å². The summed E-state index contributed by atoms with van der Waals surface area (Å²) in [7, 11) is 0. The molecule has 0 N–H and O–H groups in total. The summed E-state index contributed by atoms with van der Waals surface area (Å²) in [6.07, 6.45) is 4.13. The van der Waals surface area contributed by atoms with Crippen molar-refractivity contribution in [1.29, 1.82) is 0 Å². The van der Waals surface area contributed by atoms with Crippen LogP contribution >= 0.6 is 15.9 Å². The molecular formula is C17H22BrNO3. The number of rotatable bonds is 8. The van der Waals surface area contributed by atoms with Crippen LogP contribution in [0.3, 0.4) is 0 Å². The van der Waals surface area contributed by atoms with Crippen molar-refractivity contribution in [2.45, 2.75) is 44.4 Å². The molecule has 1 heterocycles. The van der Waals surface area contributed by atoms with E-state index in [0.29, 0.717) is 13.0 Å². The molecule has 0 bridgehead atoms. The molecule has 4 nitrogen and oxygen atoms in total. The first-order valence-corrected chi connectivity index (χ1v) is 8.86. The zero-order chi connectivity index (χ0) is 15.8. The molecule has 0 saturated carbocycles. The third kappa shape index (κ3) is 4.65. The molecule has 1 aromatic carbocycles. The van der Waals surface area contributed by atoms with Crippen LogP contribution < -0.4 is 0 Å². The summed E-state index contributed by atoms with van der Waals surface area (Å²) in [6, 6.07) is 9.94. The summed E-state index contributed by atoms with van der Waals surface area (Å²) >= 11 is 3.39. The highest BCUT2D eigenvalue weighted by molar-refractivity contribution is 9.09. The minimum atomic E-state index is -0.725. The second-order valence-corrected chi connectivity index (χ2v) is 6.30. The zero-order valence-electron chi connectivity index (χ0n) is 12.6. The molecule has 0 aliphatic carbocycles. The Morgan fingerprint density at radius 1 is 1.27 bits per heavy atom.